The molecule has 0 fully saturated rings. The third kappa shape index (κ3) is 43.1. The van der Waals surface area contributed by atoms with Crippen LogP contribution in [0.15, 0.2) is 12.2 Å². The van der Waals surface area contributed by atoms with Gasteiger partial charge in [0.1, 0.15) is 13.2 Å². The van der Waals surface area contributed by atoms with Crippen molar-refractivity contribution in [3.63, 3.8) is 0 Å². The van der Waals surface area contributed by atoms with Crippen LogP contribution in [0.4, 0.5) is 0 Å². The summed E-state index contributed by atoms with van der Waals surface area (Å²) in [5, 5.41) is 0. The maximum absolute atomic E-state index is 12.7. The number of allylic oxidation sites excluding steroid dienone is 2. The van der Waals surface area contributed by atoms with Gasteiger partial charge in [-0.1, -0.05) is 226 Å². The zero-order valence-corrected chi connectivity index (χ0v) is 37.0. The van der Waals surface area contributed by atoms with Gasteiger partial charge in [0.25, 0.3) is 0 Å². The van der Waals surface area contributed by atoms with Crippen LogP contribution in [0, 0.1) is 0 Å². The lowest BCUT2D eigenvalue weighted by atomic mass is 10.0. The Kier molecular flexibility index (Phi) is 43.4. The van der Waals surface area contributed by atoms with Gasteiger partial charge in [0, 0.05) is 19.3 Å². The topological polar surface area (TPSA) is 78.9 Å². The van der Waals surface area contributed by atoms with E-state index in [1.807, 2.05) is 0 Å². The first kappa shape index (κ1) is 53.1. The first-order valence-corrected chi connectivity index (χ1v) is 24.2. The number of ether oxygens (including phenoxy) is 3. The van der Waals surface area contributed by atoms with Crippen molar-refractivity contribution in [3.05, 3.63) is 12.2 Å². The Morgan fingerprint density at radius 1 is 0.345 bits per heavy atom. The van der Waals surface area contributed by atoms with Gasteiger partial charge < -0.3 is 14.2 Å². The summed E-state index contributed by atoms with van der Waals surface area (Å²) >= 11 is 0. The molecule has 0 bridgehead atoms. The molecule has 0 aliphatic carbocycles. The van der Waals surface area contributed by atoms with E-state index in [0.29, 0.717) is 19.3 Å². The summed E-state index contributed by atoms with van der Waals surface area (Å²) in [6, 6.07) is 0. The molecule has 0 saturated heterocycles. The predicted molar refractivity (Wildman–Crippen MR) is 233 cm³/mol. The summed E-state index contributed by atoms with van der Waals surface area (Å²) in [5.41, 5.74) is 0. The summed E-state index contributed by atoms with van der Waals surface area (Å²) in [6.07, 6.45) is 47.8. The second kappa shape index (κ2) is 44.9. The van der Waals surface area contributed by atoms with Crippen LogP contribution in [-0.2, 0) is 28.6 Å². The molecule has 0 spiro atoms. The molecule has 6 nitrogen and oxygen atoms in total. The van der Waals surface area contributed by atoms with E-state index in [4.69, 9.17) is 14.2 Å². The van der Waals surface area contributed by atoms with E-state index in [0.717, 1.165) is 44.9 Å². The monoisotopic (exact) mass is 777 g/mol. The van der Waals surface area contributed by atoms with Gasteiger partial charge in [-0.2, -0.15) is 0 Å². The lowest BCUT2D eigenvalue weighted by molar-refractivity contribution is -0.166. The fourth-order valence-electron chi connectivity index (χ4n) is 7.11. The molecule has 6 heteroatoms. The summed E-state index contributed by atoms with van der Waals surface area (Å²) in [5.74, 6) is -0.919. The molecule has 0 aromatic heterocycles. The summed E-state index contributed by atoms with van der Waals surface area (Å²) in [6.45, 7) is 6.60. The van der Waals surface area contributed by atoms with E-state index in [-0.39, 0.29) is 37.5 Å². The third-order valence-corrected chi connectivity index (χ3v) is 10.8. The largest absolute Gasteiger partial charge is 0.462 e. The molecular formula is C49H92O6. The van der Waals surface area contributed by atoms with Crippen LogP contribution in [0.1, 0.15) is 265 Å². The maximum Gasteiger partial charge on any atom is 0.306 e. The highest BCUT2D eigenvalue weighted by Crippen LogP contribution is 2.15. The van der Waals surface area contributed by atoms with Gasteiger partial charge >= 0.3 is 17.9 Å². The number of rotatable bonds is 44. The van der Waals surface area contributed by atoms with Gasteiger partial charge in [-0.25, -0.2) is 0 Å². The Balaban J connectivity index is 4.34. The van der Waals surface area contributed by atoms with Crippen molar-refractivity contribution in [3.8, 4) is 0 Å². The van der Waals surface area contributed by atoms with Gasteiger partial charge in [-0.05, 0) is 32.1 Å². The van der Waals surface area contributed by atoms with Gasteiger partial charge in [0.05, 0.1) is 0 Å². The van der Waals surface area contributed by atoms with Crippen LogP contribution in [0.25, 0.3) is 0 Å². The molecule has 55 heavy (non-hydrogen) atoms. The van der Waals surface area contributed by atoms with Crippen molar-refractivity contribution in [1.29, 1.82) is 0 Å². The molecule has 0 aliphatic rings. The molecule has 0 radical (unpaired) electrons. The Labute approximate surface area is 341 Å². The Morgan fingerprint density at radius 3 is 1.02 bits per heavy atom. The van der Waals surface area contributed by atoms with E-state index in [1.165, 1.54) is 173 Å². The van der Waals surface area contributed by atoms with E-state index < -0.39 is 6.10 Å². The van der Waals surface area contributed by atoms with Crippen molar-refractivity contribution in [2.24, 2.45) is 0 Å². The number of unbranched alkanes of at least 4 members (excludes halogenated alkanes) is 31. The molecule has 0 N–H and O–H groups in total. The van der Waals surface area contributed by atoms with Crippen molar-refractivity contribution in [2.75, 3.05) is 13.2 Å². The molecule has 0 aliphatic heterocycles. The number of carbonyl (C=O) groups excluding carboxylic acids is 3. The minimum Gasteiger partial charge on any atom is -0.462 e. The highest BCUT2D eigenvalue weighted by molar-refractivity contribution is 5.71. The molecule has 0 rings (SSSR count). The highest BCUT2D eigenvalue weighted by Gasteiger charge is 2.19. The molecule has 1 atom stereocenters. The second-order valence-corrected chi connectivity index (χ2v) is 16.4. The van der Waals surface area contributed by atoms with Crippen molar-refractivity contribution in [2.45, 2.75) is 271 Å². The minimum absolute atomic E-state index is 0.0766. The quantitative estimate of drug-likeness (QED) is 0.0265. The summed E-state index contributed by atoms with van der Waals surface area (Å²) in [4.78, 5) is 37.7. The molecule has 0 aromatic rings. The Bertz CT molecular complexity index is 854. The lowest BCUT2D eigenvalue weighted by Crippen LogP contribution is -2.30. The van der Waals surface area contributed by atoms with Crippen molar-refractivity contribution < 1.29 is 28.6 Å². The van der Waals surface area contributed by atoms with Crippen molar-refractivity contribution in [1.82, 2.24) is 0 Å². The van der Waals surface area contributed by atoms with Crippen LogP contribution in [0.2, 0.25) is 0 Å². The highest BCUT2D eigenvalue weighted by atomic mass is 16.6. The standard InChI is InChI=1S/C49H92O6/c1-4-7-10-13-16-19-21-23-24-26-27-30-33-36-39-42-48(51)54-45-46(44-53-47(50)41-38-35-32-29-18-15-12-9-6-3)55-49(52)43-40-37-34-31-28-25-22-20-17-14-11-8-5-2/h33,36,46H,4-32,34-35,37-45H2,1-3H3. The summed E-state index contributed by atoms with van der Waals surface area (Å²) in [7, 11) is 0. The smallest absolute Gasteiger partial charge is 0.306 e. The third-order valence-electron chi connectivity index (χ3n) is 10.8. The molecule has 0 aromatic carbocycles. The molecule has 0 amide bonds. The minimum atomic E-state index is -0.776. The van der Waals surface area contributed by atoms with Gasteiger partial charge in [-0.3, -0.25) is 14.4 Å². The van der Waals surface area contributed by atoms with Crippen LogP contribution >= 0.6 is 0 Å². The van der Waals surface area contributed by atoms with Crippen molar-refractivity contribution >= 4 is 17.9 Å². The van der Waals surface area contributed by atoms with E-state index in [9.17, 15) is 14.4 Å². The number of esters is 3. The fraction of sp³-hybridized carbons (Fsp3) is 0.898. The van der Waals surface area contributed by atoms with Crippen LogP contribution < -0.4 is 0 Å². The number of hydrogen-bond donors (Lipinski definition) is 0. The predicted octanol–water partition coefficient (Wildman–Crippen LogP) is 15.4. The first-order chi connectivity index (χ1) is 27.0. The maximum atomic E-state index is 12.7. The first-order valence-electron chi connectivity index (χ1n) is 24.2. The zero-order chi connectivity index (χ0) is 40.1. The molecule has 0 heterocycles. The average molecular weight is 777 g/mol. The fourth-order valence-corrected chi connectivity index (χ4v) is 7.11. The van der Waals surface area contributed by atoms with Gasteiger partial charge in [-0.15, -0.1) is 0 Å². The zero-order valence-electron chi connectivity index (χ0n) is 37.0. The molecular weight excluding hydrogens is 685 g/mol. The van der Waals surface area contributed by atoms with E-state index in [2.05, 4.69) is 32.9 Å². The summed E-state index contributed by atoms with van der Waals surface area (Å²) < 4.78 is 16.7. The number of carbonyl (C=O) groups is 3. The molecule has 324 valence electrons. The second-order valence-electron chi connectivity index (χ2n) is 16.4. The van der Waals surface area contributed by atoms with Crippen LogP contribution in [0.3, 0.4) is 0 Å². The lowest BCUT2D eigenvalue weighted by Gasteiger charge is -2.18. The van der Waals surface area contributed by atoms with Crippen LogP contribution in [-0.4, -0.2) is 37.2 Å². The van der Waals surface area contributed by atoms with Gasteiger partial charge in [0.15, 0.2) is 6.10 Å². The van der Waals surface area contributed by atoms with Gasteiger partial charge in [0.2, 0.25) is 0 Å². The molecule has 0 saturated carbocycles. The number of hydrogen-bond acceptors (Lipinski definition) is 6. The van der Waals surface area contributed by atoms with E-state index in [1.54, 1.807) is 0 Å². The Hall–Kier alpha value is -1.85. The van der Waals surface area contributed by atoms with Crippen LogP contribution in [0.5, 0.6) is 0 Å². The molecule has 1 unspecified atom stereocenters. The normalized spacial score (nSPS) is 12.0. The average Bonchev–Trinajstić information content (AvgIpc) is 3.18. The SMILES string of the molecule is CCCCCCCCCCCCCC=CCCC(=O)OCC(COC(=O)CCCCCCCCCCC)OC(=O)CCCCCCCCCCCCCCC. The Morgan fingerprint density at radius 2 is 0.636 bits per heavy atom. The van der Waals surface area contributed by atoms with E-state index >= 15 is 0 Å².